The standard InChI is InChI=1S/C29H44O5/c1-20(10-11-22-18-24(33-7)17-21(2)26(22)34-8)16-23(30)19-28(5)13-9-14-29(28,6)25(31)12-15-27(3,4)32/h10,17-18,32H,9,11-16,19H2,1-8H3/b20-10+/t28-,29+/m0/s1. The topological polar surface area (TPSA) is 72.8 Å². The van der Waals surface area contributed by atoms with Crippen LogP contribution in [0.2, 0.25) is 0 Å². The van der Waals surface area contributed by atoms with Crippen LogP contribution in [-0.2, 0) is 16.0 Å². The number of aryl methyl sites for hydroxylation is 1. The van der Waals surface area contributed by atoms with E-state index in [0.29, 0.717) is 32.1 Å². The first-order chi connectivity index (χ1) is 15.7. The summed E-state index contributed by atoms with van der Waals surface area (Å²) in [6.45, 7) is 11.6. The molecule has 0 heterocycles. The molecule has 0 unspecified atom stereocenters. The third-order valence-corrected chi connectivity index (χ3v) is 7.82. The molecule has 2 rings (SSSR count). The lowest BCUT2D eigenvalue weighted by atomic mass is 9.62. The summed E-state index contributed by atoms with van der Waals surface area (Å²) in [5.74, 6) is 1.98. The Morgan fingerprint density at radius 2 is 1.82 bits per heavy atom. The van der Waals surface area contributed by atoms with Gasteiger partial charge in [0.25, 0.3) is 0 Å². The highest BCUT2D eigenvalue weighted by Gasteiger charge is 2.53. The van der Waals surface area contributed by atoms with Crippen molar-refractivity contribution in [3.8, 4) is 11.5 Å². The van der Waals surface area contributed by atoms with Crippen LogP contribution in [0.4, 0.5) is 0 Å². The maximum atomic E-state index is 13.2. The molecule has 34 heavy (non-hydrogen) atoms. The summed E-state index contributed by atoms with van der Waals surface area (Å²) in [4.78, 5) is 26.3. The Balaban J connectivity index is 2.07. The maximum Gasteiger partial charge on any atom is 0.139 e. The highest BCUT2D eigenvalue weighted by molar-refractivity contribution is 5.88. The predicted molar refractivity (Wildman–Crippen MR) is 137 cm³/mol. The van der Waals surface area contributed by atoms with Crippen LogP contribution in [-0.4, -0.2) is 36.5 Å². The predicted octanol–water partition coefficient (Wildman–Crippen LogP) is 6.17. The van der Waals surface area contributed by atoms with Gasteiger partial charge in [0.1, 0.15) is 23.1 Å². The van der Waals surface area contributed by atoms with Crippen molar-refractivity contribution in [3.05, 3.63) is 34.9 Å². The largest absolute Gasteiger partial charge is 0.497 e. The van der Waals surface area contributed by atoms with Crippen LogP contribution in [0.25, 0.3) is 0 Å². The molecular formula is C29H44O5. The van der Waals surface area contributed by atoms with E-state index in [-0.39, 0.29) is 17.0 Å². The Hall–Kier alpha value is -2.14. The third kappa shape index (κ3) is 6.71. The highest BCUT2D eigenvalue weighted by Crippen LogP contribution is 2.56. The molecule has 2 atom stereocenters. The molecule has 5 nitrogen and oxygen atoms in total. The normalized spacial score (nSPS) is 23.1. The second kappa shape index (κ2) is 11.1. The summed E-state index contributed by atoms with van der Waals surface area (Å²) >= 11 is 0. The molecule has 1 aliphatic carbocycles. The number of aliphatic hydroxyl groups is 1. The van der Waals surface area contributed by atoms with Gasteiger partial charge in [0, 0.05) is 30.2 Å². The van der Waals surface area contributed by atoms with Gasteiger partial charge in [-0.1, -0.05) is 31.9 Å². The molecule has 1 fully saturated rings. The number of rotatable bonds is 12. The highest BCUT2D eigenvalue weighted by atomic mass is 16.5. The Labute approximate surface area is 205 Å². The Morgan fingerprint density at radius 3 is 2.41 bits per heavy atom. The second-order valence-electron chi connectivity index (χ2n) is 11.3. The van der Waals surface area contributed by atoms with Crippen molar-refractivity contribution in [2.24, 2.45) is 10.8 Å². The maximum absolute atomic E-state index is 13.2. The van der Waals surface area contributed by atoms with Crippen LogP contribution in [0.1, 0.15) is 90.7 Å². The lowest BCUT2D eigenvalue weighted by molar-refractivity contribution is -0.136. The van der Waals surface area contributed by atoms with E-state index in [1.54, 1.807) is 28.1 Å². The Kier molecular flexibility index (Phi) is 9.15. The van der Waals surface area contributed by atoms with Crippen molar-refractivity contribution in [2.45, 2.75) is 98.5 Å². The average molecular weight is 473 g/mol. The summed E-state index contributed by atoms with van der Waals surface area (Å²) in [5.41, 5.74) is 1.35. The van der Waals surface area contributed by atoms with Gasteiger partial charge in [0.15, 0.2) is 0 Å². The number of benzene rings is 1. The van der Waals surface area contributed by atoms with E-state index >= 15 is 0 Å². The molecule has 190 valence electrons. The summed E-state index contributed by atoms with van der Waals surface area (Å²) in [5, 5.41) is 10.1. The number of Topliss-reactive ketones (excluding diaryl/α,β-unsaturated/α-hetero) is 2. The first kappa shape index (κ1) is 28.1. The van der Waals surface area contributed by atoms with Gasteiger partial charge in [-0.3, -0.25) is 9.59 Å². The van der Waals surface area contributed by atoms with Crippen molar-refractivity contribution < 1.29 is 24.2 Å². The zero-order chi connectivity index (χ0) is 25.7. The molecule has 1 aromatic rings. The van der Waals surface area contributed by atoms with Crippen LogP contribution in [0.15, 0.2) is 23.8 Å². The molecule has 0 bridgehead atoms. The number of ketones is 2. The van der Waals surface area contributed by atoms with Crippen LogP contribution < -0.4 is 9.47 Å². The molecule has 0 radical (unpaired) electrons. The minimum atomic E-state index is -0.858. The van der Waals surface area contributed by atoms with E-state index in [9.17, 15) is 14.7 Å². The van der Waals surface area contributed by atoms with Crippen LogP contribution >= 0.6 is 0 Å². The number of hydrogen-bond acceptors (Lipinski definition) is 5. The molecule has 1 N–H and O–H groups in total. The van der Waals surface area contributed by atoms with Gasteiger partial charge >= 0.3 is 0 Å². The molecule has 0 saturated heterocycles. The second-order valence-corrected chi connectivity index (χ2v) is 11.3. The SMILES string of the molecule is COc1cc(C)c(OC)c(C/C=C(\C)CC(=O)C[C@]2(C)CCC[C@]2(C)C(=O)CCC(C)(C)O)c1. The smallest absolute Gasteiger partial charge is 0.139 e. The van der Waals surface area contributed by atoms with E-state index in [1.165, 1.54) is 0 Å². The van der Waals surface area contributed by atoms with E-state index in [4.69, 9.17) is 9.47 Å². The minimum Gasteiger partial charge on any atom is -0.497 e. The molecule has 0 spiro atoms. The zero-order valence-corrected chi connectivity index (χ0v) is 22.5. The van der Waals surface area contributed by atoms with Gasteiger partial charge in [0.05, 0.1) is 19.8 Å². The Morgan fingerprint density at radius 1 is 1.15 bits per heavy atom. The first-order valence-corrected chi connectivity index (χ1v) is 12.4. The fourth-order valence-corrected chi connectivity index (χ4v) is 5.40. The lowest BCUT2D eigenvalue weighted by Gasteiger charge is -2.40. The Bertz CT molecular complexity index is 923. The minimum absolute atomic E-state index is 0.174. The molecule has 0 aromatic heterocycles. The van der Waals surface area contributed by atoms with E-state index in [1.807, 2.05) is 32.9 Å². The van der Waals surface area contributed by atoms with Crippen molar-refractivity contribution in [1.82, 2.24) is 0 Å². The van der Waals surface area contributed by atoms with Crippen LogP contribution in [0.5, 0.6) is 11.5 Å². The van der Waals surface area contributed by atoms with Crippen LogP contribution in [0, 0.1) is 17.8 Å². The molecule has 0 aliphatic heterocycles. The summed E-state index contributed by atoms with van der Waals surface area (Å²) < 4.78 is 11.0. The van der Waals surface area contributed by atoms with Gasteiger partial charge < -0.3 is 14.6 Å². The van der Waals surface area contributed by atoms with Crippen molar-refractivity contribution in [3.63, 3.8) is 0 Å². The number of allylic oxidation sites excluding steroid dienone is 2. The molecule has 1 saturated carbocycles. The van der Waals surface area contributed by atoms with Gasteiger partial charge in [-0.25, -0.2) is 0 Å². The fraction of sp³-hybridized carbons (Fsp3) is 0.655. The number of methoxy groups -OCH3 is 2. The van der Waals surface area contributed by atoms with Crippen LogP contribution in [0.3, 0.4) is 0 Å². The summed E-state index contributed by atoms with van der Waals surface area (Å²) in [7, 11) is 3.32. The van der Waals surface area contributed by atoms with Crippen molar-refractivity contribution in [1.29, 1.82) is 0 Å². The fourth-order valence-electron chi connectivity index (χ4n) is 5.40. The van der Waals surface area contributed by atoms with E-state index in [0.717, 1.165) is 47.5 Å². The molecule has 1 aliphatic rings. The first-order valence-electron chi connectivity index (χ1n) is 12.4. The van der Waals surface area contributed by atoms with Crippen molar-refractivity contribution in [2.75, 3.05) is 14.2 Å². The van der Waals surface area contributed by atoms with E-state index in [2.05, 4.69) is 13.0 Å². The summed E-state index contributed by atoms with van der Waals surface area (Å²) in [6, 6.07) is 3.92. The molecule has 1 aromatic carbocycles. The molecular weight excluding hydrogens is 428 g/mol. The third-order valence-electron chi connectivity index (χ3n) is 7.82. The molecule has 0 amide bonds. The van der Waals surface area contributed by atoms with Gasteiger partial charge in [-0.2, -0.15) is 0 Å². The van der Waals surface area contributed by atoms with Gasteiger partial charge in [-0.15, -0.1) is 0 Å². The van der Waals surface area contributed by atoms with Gasteiger partial charge in [0.2, 0.25) is 0 Å². The average Bonchev–Trinajstić information content (AvgIpc) is 3.04. The zero-order valence-electron chi connectivity index (χ0n) is 22.5. The number of hydrogen-bond donors (Lipinski definition) is 1. The summed E-state index contributed by atoms with van der Waals surface area (Å²) in [6.07, 6.45) is 6.98. The van der Waals surface area contributed by atoms with E-state index < -0.39 is 11.0 Å². The van der Waals surface area contributed by atoms with Gasteiger partial charge in [-0.05, 0) is 76.5 Å². The molecule has 5 heteroatoms. The number of carbonyl (C=O) groups is 2. The number of ether oxygens (including phenoxy) is 2. The monoisotopic (exact) mass is 472 g/mol. The number of carbonyl (C=O) groups excluding carboxylic acids is 2. The lowest BCUT2D eigenvalue weighted by Crippen LogP contribution is -2.41. The van der Waals surface area contributed by atoms with Crippen molar-refractivity contribution >= 4 is 11.6 Å². The quantitative estimate of drug-likeness (QED) is 0.368.